The highest BCUT2D eigenvalue weighted by atomic mass is 79.9. The number of hydrogen-bond acceptors (Lipinski definition) is 4. The van der Waals surface area contributed by atoms with E-state index in [1.54, 1.807) is 12.1 Å². The molecule has 102 valence electrons. The largest absolute Gasteiger partial charge is 0.506 e. The monoisotopic (exact) mass is 382 g/mol. The summed E-state index contributed by atoms with van der Waals surface area (Å²) >= 11 is 6.51. The quantitative estimate of drug-likeness (QED) is 0.706. The summed E-state index contributed by atoms with van der Waals surface area (Å²) in [6, 6.07) is 3.32. The van der Waals surface area contributed by atoms with Crippen molar-refractivity contribution in [2.75, 3.05) is 13.2 Å². The predicted molar refractivity (Wildman–Crippen MR) is 75.6 cm³/mol. The second-order valence-electron chi connectivity index (χ2n) is 3.78. The third kappa shape index (κ3) is 3.93. The Morgan fingerprint density at radius 3 is 2.56 bits per heavy atom. The van der Waals surface area contributed by atoms with E-state index in [1.165, 1.54) is 0 Å². The van der Waals surface area contributed by atoms with Gasteiger partial charge in [-0.25, -0.2) is 0 Å². The topological polar surface area (TPSA) is 69.9 Å². The first kappa shape index (κ1) is 15.9. The first-order valence-electron chi connectivity index (χ1n) is 5.59. The van der Waals surface area contributed by atoms with E-state index < -0.39 is 12.2 Å². The van der Waals surface area contributed by atoms with Crippen molar-refractivity contribution in [3.8, 4) is 5.75 Å². The molecule has 0 unspecified atom stereocenters. The number of aliphatic hydroxyl groups excluding tert-OH is 2. The number of phenols is 1. The second kappa shape index (κ2) is 7.45. The molecule has 0 aliphatic heterocycles. The van der Waals surface area contributed by atoms with Gasteiger partial charge in [-0.1, -0.05) is 15.9 Å². The Bertz CT molecular complexity index is 392. The number of rotatable bonds is 6. The van der Waals surface area contributed by atoms with Crippen molar-refractivity contribution < 1.29 is 20.1 Å². The average molecular weight is 384 g/mol. The number of ether oxygens (including phenoxy) is 1. The number of aromatic hydroxyl groups is 1. The van der Waals surface area contributed by atoms with E-state index in [0.717, 1.165) is 4.47 Å². The van der Waals surface area contributed by atoms with Crippen molar-refractivity contribution in [2.45, 2.75) is 25.6 Å². The zero-order valence-corrected chi connectivity index (χ0v) is 13.1. The van der Waals surface area contributed by atoms with Crippen molar-refractivity contribution in [3.63, 3.8) is 0 Å². The van der Waals surface area contributed by atoms with E-state index in [4.69, 9.17) is 9.84 Å². The fraction of sp³-hybridized carbons (Fsp3) is 0.500. The third-order valence-corrected chi connectivity index (χ3v) is 3.59. The molecule has 2 atom stereocenters. The van der Waals surface area contributed by atoms with E-state index in [9.17, 15) is 10.2 Å². The van der Waals surface area contributed by atoms with Crippen LogP contribution in [0.2, 0.25) is 0 Å². The lowest BCUT2D eigenvalue weighted by Crippen LogP contribution is -2.24. The van der Waals surface area contributed by atoms with Gasteiger partial charge < -0.3 is 20.1 Å². The molecule has 0 spiro atoms. The molecule has 0 bridgehead atoms. The summed E-state index contributed by atoms with van der Waals surface area (Å²) in [5.41, 5.74) is 0.364. The van der Waals surface area contributed by atoms with Crippen LogP contribution in [0.5, 0.6) is 5.75 Å². The molecule has 0 fully saturated rings. The minimum atomic E-state index is -0.995. The molecule has 0 saturated heterocycles. The minimum Gasteiger partial charge on any atom is -0.506 e. The van der Waals surface area contributed by atoms with Crippen LogP contribution in [0.25, 0.3) is 0 Å². The Hall–Kier alpha value is -0.140. The Balaban J connectivity index is 3.03. The molecule has 0 radical (unpaired) electrons. The van der Waals surface area contributed by atoms with Gasteiger partial charge in [-0.2, -0.15) is 0 Å². The van der Waals surface area contributed by atoms with Gasteiger partial charge in [-0.05, 0) is 41.4 Å². The van der Waals surface area contributed by atoms with E-state index in [1.807, 2.05) is 6.92 Å². The highest BCUT2D eigenvalue weighted by molar-refractivity contribution is 9.11. The van der Waals surface area contributed by atoms with Crippen molar-refractivity contribution in [2.24, 2.45) is 0 Å². The summed E-state index contributed by atoms with van der Waals surface area (Å²) in [6.45, 7) is 2.16. The van der Waals surface area contributed by atoms with Crippen molar-refractivity contribution in [3.05, 3.63) is 26.6 Å². The maximum absolute atomic E-state index is 10.2. The Kier molecular flexibility index (Phi) is 6.59. The molecule has 1 aromatic rings. The molecule has 1 rings (SSSR count). The van der Waals surface area contributed by atoms with Gasteiger partial charge in [0, 0.05) is 23.2 Å². The highest BCUT2D eigenvalue weighted by Crippen LogP contribution is 2.37. The molecule has 6 heteroatoms. The lowest BCUT2D eigenvalue weighted by Gasteiger charge is -2.23. The maximum atomic E-state index is 10.2. The Morgan fingerprint density at radius 1 is 1.33 bits per heavy atom. The van der Waals surface area contributed by atoms with Gasteiger partial charge in [0.15, 0.2) is 0 Å². The van der Waals surface area contributed by atoms with Crippen LogP contribution in [0, 0.1) is 0 Å². The average Bonchev–Trinajstić information content (AvgIpc) is 2.32. The summed E-state index contributed by atoms with van der Waals surface area (Å²) in [5.74, 6) is -0.0201. The van der Waals surface area contributed by atoms with Crippen LogP contribution in [0.4, 0.5) is 0 Å². The minimum absolute atomic E-state index is 0.0201. The lowest BCUT2D eigenvalue weighted by molar-refractivity contribution is -0.0456. The fourth-order valence-corrected chi connectivity index (χ4v) is 2.94. The smallest absolute Gasteiger partial charge is 0.135 e. The second-order valence-corrected chi connectivity index (χ2v) is 5.55. The number of aliphatic hydroxyl groups is 2. The highest BCUT2D eigenvalue weighted by Gasteiger charge is 2.24. The predicted octanol–water partition coefficient (Wildman–Crippen LogP) is 2.74. The van der Waals surface area contributed by atoms with Crippen LogP contribution in [0.1, 0.15) is 25.0 Å². The molecular weight excluding hydrogens is 368 g/mol. The molecule has 18 heavy (non-hydrogen) atoms. The van der Waals surface area contributed by atoms with Gasteiger partial charge in [0.2, 0.25) is 0 Å². The number of hydrogen-bond donors (Lipinski definition) is 3. The fourth-order valence-electron chi connectivity index (χ4n) is 1.69. The van der Waals surface area contributed by atoms with Gasteiger partial charge in [0.05, 0.1) is 10.6 Å². The first-order chi connectivity index (χ1) is 8.51. The van der Waals surface area contributed by atoms with Gasteiger partial charge >= 0.3 is 0 Å². The molecule has 4 nitrogen and oxygen atoms in total. The molecular formula is C12H16Br2O4. The van der Waals surface area contributed by atoms with Gasteiger partial charge in [-0.15, -0.1) is 0 Å². The number of phenolic OH excluding ortho intramolecular Hbond substituents is 1. The summed E-state index contributed by atoms with van der Waals surface area (Å²) in [6.07, 6.45) is -1.24. The molecule has 3 N–H and O–H groups in total. The molecule has 0 aliphatic rings. The zero-order chi connectivity index (χ0) is 13.7. The van der Waals surface area contributed by atoms with Crippen LogP contribution >= 0.6 is 31.9 Å². The van der Waals surface area contributed by atoms with Gasteiger partial charge in [0.1, 0.15) is 11.9 Å². The van der Waals surface area contributed by atoms with Crippen LogP contribution in [0.3, 0.4) is 0 Å². The molecule has 0 saturated carbocycles. The molecule has 0 amide bonds. The van der Waals surface area contributed by atoms with Crippen molar-refractivity contribution in [1.82, 2.24) is 0 Å². The van der Waals surface area contributed by atoms with Crippen LogP contribution in [-0.2, 0) is 4.74 Å². The van der Waals surface area contributed by atoms with E-state index in [-0.39, 0.29) is 12.4 Å². The SMILES string of the molecule is CCO[C@H](CCO)[C@H](O)c1cc(Br)cc(Br)c1O. The number of benzene rings is 1. The number of halogens is 2. The normalized spacial score (nSPS) is 14.5. The lowest BCUT2D eigenvalue weighted by atomic mass is 10.0. The summed E-state index contributed by atoms with van der Waals surface area (Å²) in [4.78, 5) is 0. The molecule has 0 aromatic heterocycles. The molecule has 0 heterocycles. The third-order valence-electron chi connectivity index (χ3n) is 2.52. The molecule has 1 aromatic carbocycles. The standard InChI is InChI=1S/C12H16Br2O4/c1-2-18-10(3-4-15)12(17)8-5-7(13)6-9(14)11(8)16/h5-6,10,12,15-17H,2-4H2,1H3/t10-,12-/m1/s1. The summed E-state index contributed by atoms with van der Waals surface area (Å²) in [7, 11) is 0. The van der Waals surface area contributed by atoms with E-state index in [2.05, 4.69) is 31.9 Å². The first-order valence-corrected chi connectivity index (χ1v) is 7.18. The molecule has 0 aliphatic carbocycles. The van der Waals surface area contributed by atoms with Crippen LogP contribution < -0.4 is 0 Å². The van der Waals surface area contributed by atoms with Gasteiger partial charge in [-0.3, -0.25) is 0 Å². The Morgan fingerprint density at radius 2 is 2.00 bits per heavy atom. The summed E-state index contributed by atoms with van der Waals surface area (Å²) in [5, 5.41) is 29.1. The Labute approximate surface area is 123 Å². The van der Waals surface area contributed by atoms with Crippen molar-refractivity contribution >= 4 is 31.9 Å². The van der Waals surface area contributed by atoms with E-state index in [0.29, 0.717) is 23.1 Å². The van der Waals surface area contributed by atoms with E-state index >= 15 is 0 Å². The van der Waals surface area contributed by atoms with Crippen LogP contribution in [-0.4, -0.2) is 34.6 Å². The van der Waals surface area contributed by atoms with Gasteiger partial charge in [0.25, 0.3) is 0 Å². The van der Waals surface area contributed by atoms with Crippen molar-refractivity contribution in [1.29, 1.82) is 0 Å². The maximum Gasteiger partial charge on any atom is 0.135 e. The van der Waals surface area contributed by atoms with Crippen LogP contribution in [0.15, 0.2) is 21.1 Å². The summed E-state index contributed by atoms with van der Waals surface area (Å²) < 4.78 is 6.61. The zero-order valence-electron chi connectivity index (χ0n) is 9.94.